The van der Waals surface area contributed by atoms with Crippen LogP contribution in [-0.2, 0) is 17.9 Å². The molecule has 2 N–H and O–H groups in total. The summed E-state index contributed by atoms with van der Waals surface area (Å²) < 4.78 is 1.95. The summed E-state index contributed by atoms with van der Waals surface area (Å²) in [5.74, 6) is 0.0862. The third-order valence-corrected chi connectivity index (χ3v) is 2.35. The first-order valence-corrected chi connectivity index (χ1v) is 6.12. The number of carbonyl (C=O) groups excluding carboxylic acids is 1. The monoisotopic (exact) mass is 238 g/mol. The highest BCUT2D eigenvalue weighted by Crippen LogP contribution is 1.98. The second-order valence-electron chi connectivity index (χ2n) is 4.34. The highest BCUT2D eigenvalue weighted by Gasteiger charge is 2.02. The minimum atomic E-state index is 0.0862. The van der Waals surface area contributed by atoms with Crippen molar-refractivity contribution in [3.63, 3.8) is 0 Å². The average Bonchev–Trinajstić information content (AvgIpc) is 2.72. The number of imidazole rings is 1. The van der Waals surface area contributed by atoms with Gasteiger partial charge in [-0.05, 0) is 6.92 Å². The van der Waals surface area contributed by atoms with Gasteiger partial charge in [-0.1, -0.05) is 13.8 Å². The summed E-state index contributed by atoms with van der Waals surface area (Å²) in [6, 6.07) is 0.454. The number of hydrogen-bond donors (Lipinski definition) is 2. The molecule has 1 aromatic heterocycles. The molecule has 5 nitrogen and oxygen atoms in total. The first kappa shape index (κ1) is 13.7. The molecule has 0 aliphatic carbocycles. The Balaban J connectivity index is 2.32. The van der Waals surface area contributed by atoms with E-state index in [0.29, 0.717) is 25.6 Å². The maximum absolute atomic E-state index is 11.3. The molecule has 0 saturated carbocycles. The Morgan fingerprint density at radius 1 is 1.53 bits per heavy atom. The molecule has 0 saturated heterocycles. The van der Waals surface area contributed by atoms with Gasteiger partial charge in [0, 0.05) is 38.3 Å². The molecule has 1 rings (SSSR count). The van der Waals surface area contributed by atoms with Crippen molar-refractivity contribution in [2.24, 2.45) is 0 Å². The van der Waals surface area contributed by atoms with Crippen molar-refractivity contribution < 1.29 is 4.79 Å². The van der Waals surface area contributed by atoms with Gasteiger partial charge in [0.15, 0.2) is 0 Å². The maximum atomic E-state index is 11.3. The molecule has 0 aromatic carbocycles. The summed E-state index contributed by atoms with van der Waals surface area (Å²) in [5, 5.41) is 6.08. The first-order chi connectivity index (χ1) is 8.11. The Hall–Kier alpha value is -1.36. The van der Waals surface area contributed by atoms with Gasteiger partial charge in [0.25, 0.3) is 0 Å². The van der Waals surface area contributed by atoms with Gasteiger partial charge in [0.2, 0.25) is 5.91 Å². The molecule has 0 radical (unpaired) electrons. The number of nitrogens with zero attached hydrogens (tertiary/aromatic N) is 2. The van der Waals surface area contributed by atoms with Crippen LogP contribution < -0.4 is 10.6 Å². The van der Waals surface area contributed by atoms with E-state index in [9.17, 15) is 4.79 Å². The predicted molar refractivity (Wildman–Crippen MR) is 67.5 cm³/mol. The minimum absolute atomic E-state index is 0.0862. The van der Waals surface area contributed by atoms with Gasteiger partial charge in [0.1, 0.15) is 0 Å². The van der Waals surface area contributed by atoms with Crippen LogP contribution in [0.15, 0.2) is 12.5 Å². The molecule has 1 heterocycles. The van der Waals surface area contributed by atoms with Crippen molar-refractivity contribution in [2.75, 3.05) is 6.54 Å². The van der Waals surface area contributed by atoms with Crippen molar-refractivity contribution in [1.29, 1.82) is 0 Å². The van der Waals surface area contributed by atoms with Crippen LogP contribution in [0.1, 0.15) is 32.9 Å². The number of aromatic nitrogens is 2. The Morgan fingerprint density at radius 2 is 2.29 bits per heavy atom. The predicted octanol–water partition coefficient (Wildman–Crippen LogP) is 0.907. The van der Waals surface area contributed by atoms with E-state index in [4.69, 9.17) is 0 Å². The first-order valence-electron chi connectivity index (χ1n) is 6.12. The lowest BCUT2D eigenvalue weighted by molar-refractivity contribution is -0.121. The highest BCUT2D eigenvalue weighted by molar-refractivity contribution is 5.75. The summed E-state index contributed by atoms with van der Waals surface area (Å²) in [7, 11) is 0. The standard InChI is InChI=1S/C12H22N4O/c1-4-13-12(17)5-6-16-8-11(15-9-16)7-14-10(2)3/h8-10,14H,4-7H2,1-3H3,(H,13,17). The van der Waals surface area contributed by atoms with E-state index < -0.39 is 0 Å². The third kappa shape index (κ3) is 5.49. The molecule has 0 aliphatic rings. The molecule has 1 amide bonds. The van der Waals surface area contributed by atoms with Crippen LogP contribution in [0.3, 0.4) is 0 Å². The summed E-state index contributed by atoms with van der Waals surface area (Å²) >= 11 is 0. The number of rotatable bonds is 7. The molecule has 17 heavy (non-hydrogen) atoms. The molecular formula is C12H22N4O. The minimum Gasteiger partial charge on any atom is -0.356 e. The van der Waals surface area contributed by atoms with Crippen molar-refractivity contribution in [1.82, 2.24) is 20.2 Å². The van der Waals surface area contributed by atoms with Gasteiger partial charge in [-0.25, -0.2) is 4.98 Å². The van der Waals surface area contributed by atoms with Gasteiger partial charge in [-0.15, -0.1) is 0 Å². The van der Waals surface area contributed by atoms with E-state index >= 15 is 0 Å². The van der Waals surface area contributed by atoms with E-state index in [1.54, 1.807) is 6.33 Å². The summed E-state index contributed by atoms with van der Waals surface area (Å²) in [6.45, 7) is 8.27. The normalized spacial score (nSPS) is 10.8. The van der Waals surface area contributed by atoms with Crippen LogP contribution in [0, 0.1) is 0 Å². The van der Waals surface area contributed by atoms with Crippen LogP contribution in [-0.4, -0.2) is 28.0 Å². The van der Waals surface area contributed by atoms with Gasteiger partial charge in [-0.2, -0.15) is 0 Å². The number of hydrogen-bond acceptors (Lipinski definition) is 3. The zero-order valence-electron chi connectivity index (χ0n) is 10.9. The zero-order chi connectivity index (χ0) is 12.7. The maximum Gasteiger partial charge on any atom is 0.221 e. The van der Waals surface area contributed by atoms with E-state index in [-0.39, 0.29) is 5.91 Å². The molecule has 0 bridgehead atoms. The third-order valence-electron chi connectivity index (χ3n) is 2.35. The van der Waals surface area contributed by atoms with E-state index in [1.807, 2.05) is 17.7 Å². The smallest absolute Gasteiger partial charge is 0.221 e. The van der Waals surface area contributed by atoms with Gasteiger partial charge in [-0.3, -0.25) is 4.79 Å². The summed E-state index contributed by atoms with van der Waals surface area (Å²) in [6.07, 6.45) is 4.26. The van der Waals surface area contributed by atoms with Crippen molar-refractivity contribution >= 4 is 5.91 Å². The molecule has 0 aliphatic heterocycles. The van der Waals surface area contributed by atoms with E-state index in [0.717, 1.165) is 12.2 Å². The van der Waals surface area contributed by atoms with Gasteiger partial charge in [0.05, 0.1) is 12.0 Å². The largest absolute Gasteiger partial charge is 0.356 e. The second-order valence-corrected chi connectivity index (χ2v) is 4.34. The number of nitrogens with one attached hydrogen (secondary N) is 2. The quantitative estimate of drug-likeness (QED) is 0.742. The van der Waals surface area contributed by atoms with Crippen molar-refractivity contribution in [2.45, 2.75) is 46.3 Å². The molecular weight excluding hydrogens is 216 g/mol. The van der Waals surface area contributed by atoms with Gasteiger partial charge >= 0.3 is 0 Å². The van der Waals surface area contributed by atoms with Crippen LogP contribution in [0.25, 0.3) is 0 Å². The topological polar surface area (TPSA) is 59.0 Å². The number of aryl methyl sites for hydroxylation is 1. The van der Waals surface area contributed by atoms with Gasteiger partial charge < -0.3 is 15.2 Å². The summed E-state index contributed by atoms with van der Waals surface area (Å²) in [4.78, 5) is 15.6. The zero-order valence-corrected chi connectivity index (χ0v) is 10.9. The highest BCUT2D eigenvalue weighted by atomic mass is 16.1. The second kappa shape index (κ2) is 7.06. The van der Waals surface area contributed by atoms with E-state index in [2.05, 4.69) is 29.5 Å². The fourth-order valence-corrected chi connectivity index (χ4v) is 1.44. The Labute approximate surface area is 103 Å². The lowest BCUT2D eigenvalue weighted by atomic mass is 10.3. The lowest BCUT2D eigenvalue weighted by Gasteiger charge is -2.05. The van der Waals surface area contributed by atoms with Crippen LogP contribution in [0.2, 0.25) is 0 Å². The molecule has 0 atom stereocenters. The summed E-state index contributed by atoms with van der Waals surface area (Å²) in [5.41, 5.74) is 1.01. The Morgan fingerprint density at radius 3 is 2.94 bits per heavy atom. The van der Waals surface area contributed by atoms with Crippen molar-refractivity contribution in [3.05, 3.63) is 18.2 Å². The number of amides is 1. The van der Waals surface area contributed by atoms with Crippen molar-refractivity contribution in [3.8, 4) is 0 Å². The fourth-order valence-electron chi connectivity index (χ4n) is 1.44. The lowest BCUT2D eigenvalue weighted by Crippen LogP contribution is -2.23. The molecule has 1 aromatic rings. The SMILES string of the molecule is CCNC(=O)CCn1cnc(CNC(C)C)c1. The van der Waals surface area contributed by atoms with Crippen LogP contribution >= 0.6 is 0 Å². The average molecular weight is 238 g/mol. The van der Waals surface area contributed by atoms with E-state index in [1.165, 1.54) is 0 Å². The van der Waals surface area contributed by atoms with Crippen LogP contribution in [0.4, 0.5) is 0 Å². The Bertz CT molecular complexity index is 346. The Kier molecular flexibility index (Phi) is 5.69. The molecule has 0 fully saturated rings. The molecule has 5 heteroatoms. The molecule has 96 valence electrons. The molecule has 0 unspecified atom stereocenters. The fraction of sp³-hybridized carbons (Fsp3) is 0.667. The molecule has 0 spiro atoms. The van der Waals surface area contributed by atoms with Crippen LogP contribution in [0.5, 0.6) is 0 Å². The number of carbonyl (C=O) groups is 1.